The molecule has 26 heavy (non-hydrogen) atoms. The summed E-state index contributed by atoms with van der Waals surface area (Å²) >= 11 is 5.98. The Balaban J connectivity index is 1.94. The highest BCUT2D eigenvalue weighted by Crippen LogP contribution is 2.28. The van der Waals surface area contributed by atoms with Crippen molar-refractivity contribution in [2.45, 2.75) is 26.5 Å². The number of amides is 1. The largest absolute Gasteiger partial charge is 0.451 e. The minimum atomic E-state index is -0.248. The fraction of sp³-hybridized carbons (Fsp3) is 0.286. The molecule has 0 aliphatic carbocycles. The molecular weight excluding hydrogens is 350 g/mol. The molecule has 1 aromatic heterocycles. The van der Waals surface area contributed by atoms with E-state index in [4.69, 9.17) is 20.8 Å². The Morgan fingerprint density at radius 2 is 1.85 bits per heavy atom. The van der Waals surface area contributed by atoms with Gasteiger partial charge in [-0.3, -0.25) is 4.79 Å². The number of para-hydroxylation sites is 1. The summed E-state index contributed by atoms with van der Waals surface area (Å²) in [5.41, 5.74) is 2.44. The second-order valence-corrected chi connectivity index (χ2v) is 7.02. The highest BCUT2D eigenvalue weighted by atomic mass is 35.5. The quantitative estimate of drug-likeness (QED) is 0.634. The average Bonchev–Trinajstić information content (AvgIpc) is 2.99. The zero-order chi connectivity index (χ0) is 18.7. The molecule has 5 heteroatoms. The van der Waals surface area contributed by atoms with Gasteiger partial charge in [0.25, 0.3) is 5.91 Å². The molecule has 0 saturated carbocycles. The van der Waals surface area contributed by atoms with Crippen molar-refractivity contribution in [3.05, 3.63) is 70.4 Å². The fourth-order valence-corrected chi connectivity index (χ4v) is 3.21. The van der Waals surface area contributed by atoms with E-state index in [9.17, 15) is 4.79 Å². The van der Waals surface area contributed by atoms with Crippen LogP contribution in [0, 0.1) is 5.92 Å². The van der Waals surface area contributed by atoms with Crippen molar-refractivity contribution < 1.29 is 13.9 Å². The number of fused-ring (bicyclic) bond motifs is 1. The van der Waals surface area contributed by atoms with Gasteiger partial charge in [-0.05, 0) is 29.7 Å². The second-order valence-electron chi connectivity index (χ2n) is 6.59. The molecule has 0 bridgehead atoms. The maximum Gasteiger partial charge on any atom is 0.287 e. The normalized spacial score (nSPS) is 12.5. The van der Waals surface area contributed by atoms with Gasteiger partial charge in [-0.15, -0.1) is 0 Å². The van der Waals surface area contributed by atoms with Crippen molar-refractivity contribution in [3.8, 4) is 0 Å². The van der Waals surface area contributed by atoms with E-state index in [0.717, 1.165) is 16.5 Å². The van der Waals surface area contributed by atoms with Crippen LogP contribution in [-0.2, 0) is 11.3 Å². The lowest BCUT2D eigenvalue weighted by atomic mass is 9.96. The van der Waals surface area contributed by atoms with Crippen LogP contribution < -0.4 is 5.32 Å². The van der Waals surface area contributed by atoms with Crippen molar-refractivity contribution in [2.75, 3.05) is 7.11 Å². The number of furan rings is 1. The Bertz CT molecular complexity index is 899. The summed E-state index contributed by atoms with van der Waals surface area (Å²) in [5.74, 6) is 0.255. The topological polar surface area (TPSA) is 51.5 Å². The first-order chi connectivity index (χ1) is 12.5. The lowest BCUT2D eigenvalue weighted by Crippen LogP contribution is -2.32. The van der Waals surface area contributed by atoms with Crippen LogP contribution in [0.1, 0.15) is 41.6 Å². The number of hydrogen-bond donors (Lipinski definition) is 1. The standard InChI is InChI=1S/C21H22ClNO3/c1-13(2)19(14-8-10-15(22)11-9-14)23-21(24)20-17(12-25-3)16-6-4-5-7-18(16)26-20/h4-11,13,19H,12H2,1-3H3,(H,23,24). The van der Waals surface area contributed by atoms with Crippen LogP contribution in [0.25, 0.3) is 11.0 Å². The third-order valence-electron chi connectivity index (χ3n) is 4.38. The molecule has 136 valence electrons. The van der Waals surface area contributed by atoms with Gasteiger partial charge in [0.05, 0.1) is 12.6 Å². The third-order valence-corrected chi connectivity index (χ3v) is 4.63. The minimum Gasteiger partial charge on any atom is -0.451 e. The molecule has 3 aromatic rings. The molecule has 1 N–H and O–H groups in total. The van der Waals surface area contributed by atoms with Crippen molar-refractivity contribution >= 4 is 28.5 Å². The Labute approximate surface area is 158 Å². The van der Waals surface area contributed by atoms with Gasteiger partial charge in [0.2, 0.25) is 0 Å². The van der Waals surface area contributed by atoms with Crippen molar-refractivity contribution in [1.29, 1.82) is 0 Å². The number of carbonyl (C=O) groups is 1. The van der Waals surface area contributed by atoms with Gasteiger partial charge >= 0.3 is 0 Å². The van der Waals surface area contributed by atoms with E-state index >= 15 is 0 Å². The van der Waals surface area contributed by atoms with Gasteiger partial charge in [0.15, 0.2) is 5.76 Å². The first-order valence-corrected chi connectivity index (χ1v) is 8.94. The maximum absolute atomic E-state index is 13.0. The van der Waals surface area contributed by atoms with E-state index in [-0.39, 0.29) is 17.9 Å². The monoisotopic (exact) mass is 371 g/mol. The second kappa shape index (κ2) is 7.94. The molecule has 2 aromatic carbocycles. The van der Waals surface area contributed by atoms with Gasteiger partial charge in [-0.25, -0.2) is 0 Å². The van der Waals surface area contributed by atoms with Gasteiger partial charge in [0.1, 0.15) is 5.58 Å². The summed E-state index contributed by atoms with van der Waals surface area (Å²) in [4.78, 5) is 13.0. The van der Waals surface area contributed by atoms with E-state index in [0.29, 0.717) is 23.0 Å². The predicted octanol–water partition coefficient (Wildman–Crippen LogP) is 5.36. The van der Waals surface area contributed by atoms with E-state index < -0.39 is 0 Å². The van der Waals surface area contributed by atoms with E-state index in [2.05, 4.69) is 19.2 Å². The molecule has 0 aliphatic rings. The molecule has 1 unspecified atom stereocenters. The number of carbonyl (C=O) groups excluding carboxylic acids is 1. The SMILES string of the molecule is COCc1c(C(=O)NC(c2ccc(Cl)cc2)C(C)C)oc2ccccc12. The van der Waals surface area contributed by atoms with Crippen LogP contribution in [0.2, 0.25) is 5.02 Å². The number of ether oxygens (including phenoxy) is 1. The highest BCUT2D eigenvalue weighted by Gasteiger charge is 2.25. The minimum absolute atomic E-state index is 0.150. The van der Waals surface area contributed by atoms with Gasteiger partial charge in [-0.1, -0.05) is 55.8 Å². The molecule has 0 saturated heterocycles. The van der Waals surface area contributed by atoms with Crippen LogP contribution in [-0.4, -0.2) is 13.0 Å². The molecule has 4 nitrogen and oxygen atoms in total. The van der Waals surface area contributed by atoms with Crippen molar-refractivity contribution in [3.63, 3.8) is 0 Å². The fourth-order valence-electron chi connectivity index (χ4n) is 3.08. The number of hydrogen-bond acceptors (Lipinski definition) is 3. The Morgan fingerprint density at radius 3 is 2.50 bits per heavy atom. The average molecular weight is 372 g/mol. The van der Waals surface area contributed by atoms with Crippen LogP contribution in [0.4, 0.5) is 0 Å². The van der Waals surface area contributed by atoms with E-state index in [1.54, 1.807) is 7.11 Å². The zero-order valence-electron chi connectivity index (χ0n) is 15.1. The number of rotatable bonds is 6. The van der Waals surface area contributed by atoms with Crippen molar-refractivity contribution in [2.24, 2.45) is 5.92 Å². The Hall–Kier alpha value is -2.30. The lowest BCUT2D eigenvalue weighted by Gasteiger charge is -2.22. The summed E-state index contributed by atoms with van der Waals surface area (Å²) < 4.78 is 11.1. The van der Waals surface area contributed by atoms with Gasteiger partial charge < -0.3 is 14.5 Å². The molecule has 0 spiro atoms. The van der Waals surface area contributed by atoms with Crippen molar-refractivity contribution in [1.82, 2.24) is 5.32 Å². The number of methoxy groups -OCH3 is 1. The molecule has 1 heterocycles. The number of halogens is 1. The van der Waals surface area contributed by atoms with Crippen LogP contribution in [0.5, 0.6) is 0 Å². The number of nitrogens with one attached hydrogen (secondary N) is 1. The molecule has 0 radical (unpaired) electrons. The summed E-state index contributed by atoms with van der Waals surface area (Å²) in [6.45, 7) is 4.44. The summed E-state index contributed by atoms with van der Waals surface area (Å²) in [6, 6.07) is 15.0. The Morgan fingerprint density at radius 1 is 1.15 bits per heavy atom. The van der Waals surface area contributed by atoms with E-state index in [1.165, 1.54) is 0 Å². The zero-order valence-corrected chi connectivity index (χ0v) is 15.8. The molecule has 3 rings (SSSR count). The van der Waals surface area contributed by atoms with Crippen LogP contribution in [0.15, 0.2) is 52.9 Å². The van der Waals surface area contributed by atoms with Crippen LogP contribution >= 0.6 is 11.6 Å². The first kappa shape index (κ1) is 18.5. The maximum atomic E-state index is 13.0. The smallest absolute Gasteiger partial charge is 0.287 e. The van der Waals surface area contributed by atoms with Gasteiger partial charge in [0, 0.05) is 23.1 Å². The van der Waals surface area contributed by atoms with Gasteiger partial charge in [-0.2, -0.15) is 0 Å². The van der Waals surface area contributed by atoms with Crippen LogP contribution in [0.3, 0.4) is 0 Å². The molecule has 0 fully saturated rings. The first-order valence-electron chi connectivity index (χ1n) is 8.57. The Kier molecular flexibility index (Phi) is 5.64. The predicted molar refractivity (Wildman–Crippen MR) is 103 cm³/mol. The van der Waals surface area contributed by atoms with E-state index in [1.807, 2.05) is 48.5 Å². The third kappa shape index (κ3) is 3.76. The molecule has 1 atom stereocenters. The highest BCUT2D eigenvalue weighted by molar-refractivity contribution is 6.30. The molecule has 0 aliphatic heterocycles. The summed E-state index contributed by atoms with van der Waals surface area (Å²) in [5, 5.41) is 4.66. The lowest BCUT2D eigenvalue weighted by molar-refractivity contribution is 0.0893. The molecular formula is C21H22ClNO3. The molecule has 1 amide bonds. The summed E-state index contributed by atoms with van der Waals surface area (Å²) in [7, 11) is 1.61. The number of benzene rings is 2. The summed E-state index contributed by atoms with van der Waals surface area (Å²) in [6.07, 6.45) is 0.